The molecule has 0 unspecified atom stereocenters. The van der Waals surface area contributed by atoms with Crippen molar-refractivity contribution in [2.24, 2.45) is 0 Å². The highest BCUT2D eigenvalue weighted by Gasteiger charge is 2.14. The van der Waals surface area contributed by atoms with E-state index in [4.69, 9.17) is 17.3 Å². The molecular formula is C7H3BrClFN2S. The number of benzene rings is 1. The lowest BCUT2D eigenvalue weighted by atomic mass is 10.2. The fourth-order valence-electron chi connectivity index (χ4n) is 1.01. The third kappa shape index (κ3) is 1.31. The number of halogens is 3. The van der Waals surface area contributed by atoms with E-state index >= 15 is 0 Å². The summed E-state index contributed by atoms with van der Waals surface area (Å²) in [5.74, 6) is -0.463. The van der Waals surface area contributed by atoms with E-state index in [2.05, 4.69) is 20.3 Å². The molecule has 0 saturated heterocycles. The van der Waals surface area contributed by atoms with E-state index in [1.165, 1.54) is 0 Å². The van der Waals surface area contributed by atoms with Gasteiger partial charge in [0, 0.05) is 5.39 Å². The molecule has 68 valence electrons. The summed E-state index contributed by atoms with van der Waals surface area (Å²) < 4.78 is 17.5. The molecule has 0 radical (unpaired) electrons. The zero-order valence-corrected chi connectivity index (χ0v) is 9.30. The fourth-order valence-corrected chi connectivity index (χ4v) is 2.12. The number of nitrogens with two attached hydrogens (primary N) is 1. The van der Waals surface area contributed by atoms with Crippen molar-refractivity contribution < 1.29 is 4.39 Å². The molecule has 0 fully saturated rings. The monoisotopic (exact) mass is 280 g/mol. The van der Waals surface area contributed by atoms with E-state index in [0.717, 1.165) is 11.5 Å². The highest BCUT2D eigenvalue weighted by Crippen LogP contribution is 2.35. The summed E-state index contributed by atoms with van der Waals surface area (Å²) in [6.45, 7) is 0. The highest BCUT2D eigenvalue weighted by atomic mass is 79.9. The first-order valence-corrected chi connectivity index (χ1v) is 5.24. The zero-order chi connectivity index (χ0) is 9.59. The SMILES string of the molecule is Nc1snc2c(F)c(Br)c(Cl)cc12. The van der Waals surface area contributed by atoms with Crippen LogP contribution in [0.1, 0.15) is 0 Å². The summed E-state index contributed by atoms with van der Waals surface area (Å²) in [7, 11) is 0. The predicted octanol–water partition coefficient (Wildman–Crippen LogP) is 3.43. The van der Waals surface area contributed by atoms with Gasteiger partial charge >= 0.3 is 0 Å². The van der Waals surface area contributed by atoms with Crippen molar-refractivity contribution in [2.75, 3.05) is 5.73 Å². The van der Waals surface area contributed by atoms with Crippen LogP contribution in [0.3, 0.4) is 0 Å². The number of anilines is 1. The van der Waals surface area contributed by atoms with Crippen LogP contribution in [-0.4, -0.2) is 4.37 Å². The van der Waals surface area contributed by atoms with Crippen LogP contribution in [-0.2, 0) is 0 Å². The number of aromatic nitrogens is 1. The largest absolute Gasteiger partial charge is 0.389 e. The molecule has 6 heteroatoms. The summed E-state index contributed by atoms with van der Waals surface area (Å²) in [6.07, 6.45) is 0. The smallest absolute Gasteiger partial charge is 0.166 e. The number of hydrogen-bond donors (Lipinski definition) is 1. The Labute approximate surface area is 90.8 Å². The summed E-state index contributed by atoms with van der Waals surface area (Å²) in [5.41, 5.74) is 5.84. The van der Waals surface area contributed by atoms with Crippen LogP contribution in [0.15, 0.2) is 10.5 Å². The Morgan fingerprint density at radius 2 is 2.31 bits per heavy atom. The Hall–Kier alpha value is -0.390. The van der Waals surface area contributed by atoms with Crippen LogP contribution in [0.4, 0.5) is 9.39 Å². The Balaban J connectivity index is 2.96. The van der Waals surface area contributed by atoms with Gasteiger partial charge in [-0.05, 0) is 33.5 Å². The average Bonchev–Trinajstić information content (AvgIpc) is 2.45. The molecule has 0 atom stereocenters. The molecular weight excluding hydrogens is 279 g/mol. The lowest BCUT2D eigenvalue weighted by molar-refractivity contribution is 0.631. The number of nitrogens with zero attached hydrogens (tertiary/aromatic N) is 1. The number of rotatable bonds is 0. The molecule has 0 amide bonds. The molecule has 2 rings (SSSR count). The summed E-state index contributed by atoms with van der Waals surface area (Å²) >= 11 is 9.84. The third-order valence-corrected chi connectivity index (χ3v) is 3.63. The lowest BCUT2D eigenvalue weighted by Crippen LogP contribution is -1.84. The van der Waals surface area contributed by atoms with Gasteiger partial charge in [0.2, 0.25) is 0 Å². The molecule has 0 aliphatic rings. The van der Waals surface area contributed by atoms with Crippen molar-refractivity contribution in [3.05, 3.63) is 21.4 Å². The van der Waals surface area contributed by atoms with Gasteiger partial charge < -0.3 is 5.73 Å². The van der Waals surface area contributed by atoms with Gasteiger partial charge in [-0.25, -0.2) is 4.39 Å². The van der Waals surface area contributed by atoms with Gasteiger partial charge in [-0.15, -0.1) is 0 Å². The molecule has 0 bridgehead atoms. The molecule has 1 aromatic carbocycles. The number of nitrogen functional groups attached to an aromatic ring is 1. The minimum Gasteiger partial charge on any atom is -0.389 e. The van der Waals surface area contributed by atoms with Crippen molar-refractivity contribution in [3.8, 4) is 0 Å². The maximum Gasteiger partial charge on any atom is 0.166 e. The van der Waals surface area contributed by atoms with Gasteiger partial charge in [-0.1, -0.05) is 11.6 Å². The predicted molar refractivity (Wildman–Crippen MR) is 56.7 cm³/mol. The van der Waals surface area contributed by atoms with E-state index in [9.17, 15) is 4.39 Å². The van der Waals surface area contributed by atoms with E-state index in [0.29, 0.717) is 15.4 Å². The number of fused-ring (bicyclic) bond motifs is 1. The van der Waals surface area contributed by atoms with Crippen LogP contribution < -0.4 is 5.73 Å². The van der Waals surface area contributed by atoms with Gasteiger partial charge in [-0.2, -0.15) is 4.37 Å². The van der Waals surface area contributed by atoms with Crippen molar-refractivity contribution in [1.29, 1.82) is 0 Å². The normalized spacial score (nSPS) is 11.0. The minimum absolute atomic E-state index is 0.229. The Morgan fingerprint density at radius 3 is 3.00 bits per heavy atom. The summed E-state index contributed by atoms with van der Waals surface area (Å²) in [5, 5.41) is 1.34. The molecule has 2 nitrogen and oxygen atoms in total. The second kappa shape index (κ2) is 3.08. The highest BCUT2D eigenvalue weighted by molar-refractivity contribution is 9.10. The molecule has 13 heavy (non-hydrogen) atoms. The van der Waals surface area contributed by atoms with Crippen LogP contribution in [0.25, 0.3) is 10.9 Å². The van der Waals surface area contributed by atoms with E-state index in [1.54, 1.807) is 6.07 Å². The molecule has 1 heterocycles. The molecule has 0 aliphatic carbocycles. The van der Waals surface area contributed by atoms with Crippen molar-refractivity contribution in [3.63, 3.8) is 0 Å². The fraction of sp³-hybridized carbons (Fsp3) is 0. The first-order valence-electron chi connectivity index (χ1n) is 3.29. The van der Waals surface area contributed by atoms with Crippen molar-refractivity contribution in [1.82, 2.24) is 4.37 Å². The van der Waals surface area contributed by atoms with E-state index < -0.39 is 5.82 Å². The van der Waals surface area contributed by atoms with Crippen molar-refractivity contribution >= 4 is 55.0 Å². The number of hydrogen-bond acceptors (Lipinski definition) is 3. The summed E-state index contributed by atoms with van der Waals surface area (Å²) in [6, 6.07) is 1.60. The molecule has 2 aromatic rings. The van der Waals surface area contributed by atoms with Gasteiger partial charge in [0.25, 0.3) is 0 Å². The maximum absolute atomic E-state index is 13.4. The van der Waals surface area contributed by atoms with Crippen LogP contribution in [0, 0.1) is 5.82 Å². The quantitative estimate of drug-likeness (QED) is 0.751. The van der Waals surface area contributed by atoms with Gasteiger partial charge in [0.15, 0.2) is 5.82 Å². The second-order valence-corrected chi connectivity index (χ2v) is 4.43. The topological polar surface area (TPSA) is 38.9 Å². The van der Waals surface area contributed by atoms with Gasteiger partial charge in [-0.3, -0.25) is 0 Å². The first kappa shape index (κ1) is 9.18. The molecule has 0 spiro atoms. The molecule has 1 aromatic heterocycles. The van der Waals surface area contributed by atoms with Crippen LogP contribution in [0.2, 0.25) is 5.02 Å². The average molecular weight is 282 g/mol. The van der Waals surface area contributed by atoms with Gasteiger partial charge in [0.1, 0.15) is 10.5 Å². The third-order valence-electron chi connectivity index (χ3n) is 1.64. The molecule has 2 N–H and O–H groups in total. The summed E-state index contributed by atoms with van der Waals surface area (Å²) in [4.78, 5) is 0. The Morgan fingerprint density at radius 1 is 1.62 bits per heavy atom. The Kier molecular flexibility index (Phi) is 2.17. The van der Waals surface area contributed by atoms with Crippen LogP contribution in [0.5, 0.6) is 0 Å². The minimum atomic E-state index is -0.463. The second-order valence-electron chi connectivity index (χ2n) is 2.43. The van der Waals surface area contributed by atoms with Crippen LogP contribution >= 0.6 is 39.1 Å². The van der Waals surface area contributed by atoms with E-state index in [1.807, 2.05) is 0 Å². The first-order chi connectivity index (χ1) is 6.11. The Bertz CT molecular complexity index is 485. The van der Waals surface area contributed by atoms with Crippen molar-refractivity contribution in [2.45, 2.75) is 0 Å². The molecule has 0 saturated carbocycles. The lowest BCUT2D eigenvalue weighted by Gasteiger charge is -1.98. The standard InChI is InChI=1S/C7H3BrClFN2S/c8-4-3(9)1-2-6(5(4)10)12-13-7(2)11/h1H,11H2. The van der Waals surface area contributed by atoms with Gasteiger partial charge in [0.05, 0.1) is 9.50 Å². The molecule has 0 aliphatic heterocycles. The van der Waals surface area contributed by atoms with E-state index in [-0.39, 0.29) is 9.99 Å². The zero-order valence-electron chi connectivity index (χ0n) is 6.14. The maximum atomic E-state index is 13.4.